The molecule has 0 amide bonds. The largest absolute Gasteiger partial charge is 0.384 e. The van der Waals surface area contributed by atoms with Crippen LogP contribution >= 0.6 is 0 Å². The molecule has 4 heteroatoms. The summed E-state index contributed by atoms with van der Waals surface area (Å²) < 4.78 is 14.3. The first-order valence-electron chi connectivity index (χ1n) is 9.92. The van der Waals surface area contributed by atoms with Gasteiger partial charge in [0.15, 0.2) is 0 Å². The number of halogens is 1. The van der Waals surface area contributed by atoms with Crippen molar-refractivity contribution in [1.82, 2.24) is 9.88 Å². The topological polar surface area (TPSA) is 28.2 Å². The quantitative estimate of drug-likeness (QED) is 0.600. The Hall–Kier alpha value is -2.46. The van der Waals surface area contributed by atoms with E-state index < -0.39 is 0 Å². The minimum absolute atomic E-state index is 0.240. The van der Waals surface area contributed by atoms with Gasteiger partial charge < -0.3 is 10.2 Å². The summed E-state index contributed by atoms with van der Waals surface area (Å²) >= 11 is 0. The van der Waals surface area contributed by atoms with Crippen molar-refractivity contribution in [1.29, 1.82) is 0 Å². The van der Waals surface area contributed by atoms with E-state index in [1.54, 1.807) is 12.1 Å². The van der Waals surface area contributed by atoms with E-state index in [1.807, 2.05) is 30.3 Å². The summed E-state index contributed by atoms with van der Waals surface area (Å²) in [5, 5.41) is 4.65. The standard InChI is InChI=1S/C23H26FN3/c24-20-11-4-2-9-18(20)23-17-22(19-10-3-5-12-21(19)26-23)25-13-8-16-27-14-6-1-7-15-27/h2-5,9-12,17H,1,6-8,13-16H2,(H,25,26). The van der Waals surface area contributed by atoms with Gasteiger partial charge in [-0.15, -0.1) is 0 Å². The molecule has 2 heterocycles. The maximum Gasteiger partial charge on any atom is 0.132 e. The number of hydrogen-bond acceptors (Lipinski definition) is 3. The number of piperidine rings is 1. The molecule has 1 aliphatic heterocycles. The van der Waals surface area contributed by atoms with Gasteiger partial charge in [0.05, 0.1) is 11.2 Å². The van der Waals surface area contributed by atoms with Crippen molar-refractivity contribution in [3.63, 3.8) is 0 Å². The van der Waals surface area contributed by atoms with Crippen LogP contribution in [0.4, 0.5) is 10.1 Å². The van der Waals surface area contributed by atoms with Crippen LogP contribution in [-0.4, -0.2) is 36.1 Å². The molecular formula is C23H26FN3. The van der Waals surface area contributed by atoms with Crippen molar-refractivity contribution in [2.75, 3.05) is 31.5 Å². The van der Waals surface area contributed by atoms with Gasteiger partial charge >= 0.3 is 0 Å². The number of rotatable bonds is 6. The van der Waals surface area contributed by atoms with Crippen LogP contribution in [0.2, 0.25) is 0 Å². The molecule has 0 atom stereocenters. The molecule has 1 aromatic heterocycles. The first-order valence-corrected chi connectivity index (χ1v) is 9.92. The molecule has 1 fully saturated rings. The van der Waals surface area contributed by atoms with Crippen LogP contribution in [0.1, 0.15) is 25.7 Å². The number of nitrogens with zero attached hydrogens (tertiary/aromatic N) is 2. The minimum Gasteiger partial charge on any atom is -0.384 e. The normalized spacial score (nSPS) is 15.1. The first-order chi connectivity index (χ1) is 13.3. The van der Waals surface area contributed by atoms with Gasteiger partial charge in [-0.25, -0.2) is 9.37 Å². The molecule has 0 radical (unpaired) electrons. The van der Waals surface area contributed by atoms with Gasteiger partial charge in [-0.05, 0) is 63.2 Å². The highest BCUT2D eigenvalue weighted by Gasteiger charge is 2.11. The molecule has 0 spiro atoms. The summed E-state index contributed by atoms with van der Waals surface area (Å²) in [4.78, 5) is 7.24. The predicted molar refractivity (Wildman–Crippen MR) is 111 cm³/mol. The zero-order valence-electron chi connectivity index (χ0n) is 15.6. The fraction of sp³-hybridized carbons (Fsp3) is 0.348. The zero-order chi connectivity index (χ0) is 18.5. The van der Waals surface area contributed by atoms with E-state index in [2.05, 4.69) is 21.3 Å². The average molecular weight is 363 g/mol. The first kappa shape index (κ1) is 17.9. The number of hydrogen-bond donors (Lipinski definition) is 1. The number of pyridine rings is 1. The van der Waals surface area contributed by atoms with Gasteiger partial charge in [0.2, 0.25) is 0 Å². The average Bonchev–Trinajstić information content (AvgIpc) is 2.72. The van der Waals surface area contributed by atoms with Crippen LogP contribution < -0.4 is 5.32 Å². The van der Waals surface area contributed by atoms with Crippen molar-refractivity contribution in [2.45, 2.75) is 25.7 Å². The Balaban J connectivity index is 1.53. The Morgan fingerprint density at radius 2 is 1.74 bits per heavy atom. The molecule has 3 nitrogen and oxygen atoms in total. The van der Waals surface area contributed by atoms with Gasteiger partial charge in [0, 0.05) is 23.2 Å². The zero-order valence-corrected chi connectivity index (χ0v) is 15.6. The van der Waals surface area contributed by atoms with Crippen molar-refractivity contribution >= 4 is 16.6 Å². The van der Waals surface area contributed by atoms with E-state index in [0.29, 0.717) is 11.3 Å². The van der Waals surface area contributed by atoms with E-state index >= 15 is 0 Å². The molecule has 4 rings (SSSR count). The molecule has 1 aliphatic rings. The van der Waals surface area contributed by atoms with Gasteiger partial charge in [0.25, 0.3) is 0 Å². The fourth-order valence-corrected chi connectivity index (χ4v) is 3.84. The molecule has 1 saturated heterocycles. The van der Waals surface area contributed by atoms with Gasteiger partial charge in [0.1, 0.15) is 5.82 Å². The molecule has 0 saturated carbocycles. The number of anilines is 1. The maximum absolute atomic E-state index is 14.3. The molecule has 0 aliphatic carbocycles. The number of benzene rings is 2. The molecule has 1 N–H and O–H groups in total. The number of para-hydroxylation sites is 1. The Morgan fingerprint density at radius 3 is 2.59 bits per heavy atom. The maximum atomic E-state index is 14.3. The lowest BCUT2D eigenvalue weighted by Gasteiger charge is -2.26. The Labute approximate surface area is 160 Å². The van der Waals surface area contributed by atoms with E-state index in [9.17, 15) is 4.39 Å². The summed E-state index contributed by atoms with van der Waals surface area (Å²) in [5.74, 6) is -0.240. The summed E-state index contributed by atoms with van der Waals surface area (Å²) in [6.45, 7) is 4.50. The number of nitrogens with one attached hydrogen (secondary N) is 1. The third-order valence-electron chi connectivity index (χ3n) is 5.28. The fourth-order valence-electron chi connectivity index (χ4n) is 3.84. The van der Waals surface area contributed by atoms with Crippen molar-refractivity contribution < 1.29 is 4.39 Å². The third-order valence-corrected chi connectivity index (χ3v) is 5.28. The second kappa shape index (κ2) is 8.49. The summed E-state index contributed by atoms with van der Waals surface area (Å²) in [6.07, 6.45) is 5.13. The van der Waals surface area contributed by atoms with Gasteiger partial charge in [-0.1, -0.05) is 36.8 Å². The van der Waals surface area contributed by atoms with Crippen LogP contribution in [-0.2, 0) is 0 Å². The van der Waals surface area contributed by atoms with E-state index in [1.165, 1.54) is 38.4 Å². The highest BCUT2D eigenvalue weighted by atomic mass is 19.1. The summed E-state index contributed by atoms with van der Waals surface area (Å²) in [5.41, 5.74) is 3.12. The molecule has 0 unspecified atom stereocenters. The highest BCUT2D eigenvalue weighted by molar-refractivity contribution is 5.93. The molecule has 27 heavy (non-hydrogen) atoms. The number of likely N-dealkylation sites (tertiary alicyclic amines) is 1. The van der Waals surface area contributed by atoms with Crippen LogP contribution in [0.5, 0.6) is 0 Å². The molecule has 2 aromatic carbocycles. The van der Waals surface area contributed by atoms with E-state index in [4.69, 9.17) is 0 Å². The van der Waals surface area contributed by atoms with E-state index in [0.717, 1.165) is 36.1 Å². The van der Waals surface area contributed by atoms with Crippen LogP contribution in [0.25, 0.3) is 22.2 Å². The molecule has 140 valence electrons. The Kier molecular flexibility index (Phi) is 5.64. The lowest BCUT2D eigenvalue weighted by molar-refractivity contribution is 0.228. The summed E-state index contributed by atoms with van der Waals surface area (Å²) in [6, 6.07) is 16.8. The van der Waals surface area contributed by atoms with Crippen LogP contribution in [0.3, 0.4) is 0 Å². The van der Waals surface area contributed by atoms with Crippen LogP contribution in [0, 0.1) is 5.82 Å². The second-order valence-electron chi connectivity index (χ2n) is 7.23. The van der Waals surface area contributed by atoms with Crippen LogP contribution in [0.15, 0.2) is 54.6 Å². The minimum atomic E-state index is -0.240. The predicted octanol–water partition coefficient (Wildman–Crippen LogP) is 5.33. The Bertz CT molecular complexity index is 903. The second-order valence-corrected chi connectivity index (χ2v) is 7.23. The lowest BCUT2D eigenvalue weighted by atomic mass is 10.1. The summed E-state index contributed by atoms with van der Waals surface area (Å²) in [7, 11) is 0. The SMILES string of the molecule is Fc1ccccc1-c1cc(NCCCN2CCCCC2)c2ccccc2n1. The third kappa shape index (κ3) is 4.28. The van der Waals surface area contributed by atoms with Crippen molar-refractivity contribution in [2.24, 2.45) is 0 Å². The monoisotopic (exact) mass is 363 g/mol. The molecule has 3 aromatic rings. The highest BCUT2D eigenvalue weighted by Crippen LogP contribution is 2.29. The lowest BCUT2D eigenvalue weighted by Crippen LogP contribution is -2.31. The van der Waals surface area contributed by atoms with Gasteiger partial charge in [-0.2, -0.15) is 0 Å². The van der Waals surface area contributed by atoms with Crippen molar-refractivity contribution in [3.05, 3.63) is 60.4 Å². The molecule has 0 bridgehead atoms. The number of aromatic nitrogens is 1. The van der Waals surface area contributed by atoms with E-state index in [-0.39, 0.29) is 5.82 Å². The molecular weight excluding hydrogens is 337 g/mol. The van der Waals surface area contributed by atoms with Crippen molar-refractivity contribution in [3.8, 4) is 11.3 Å². The Morgan fingerprint density at radius 1 is 0.963 bits per heavy atom. The van der Waals surface area contributed by atoms with Gasteiger partial charge in [-0.3, -0.25) is 0 Å². The number of fused-ring (bicyclic) bond motifs is 1. The smallest absolute Gasteiger partial charge is 0.132 e.